The second kappa shape index (κ2) is 9.89. The average Bonchev–Trinajstić information content (AvgIpc) is 3.03. The predicted octanol–water partition coefficient (Wildman–Crippen LogP) is 4.05. The summed E-state index contributed by atoms with van der Waals surface area (Å²) in [6, 6.07) is 15.5. The molecule has 1 amide bonds. The van der Waals surface area contributed by atoms with E-state index in [9.17, 15) is 13.2 Å². The third kappa shape index (κ3) is 5.58. The van der Waals surface area contributed by atoms with Crippen LogP contribution in [0.5, 0.6) is 5.75 Å². The first-order chi connectivity index (χ1) is 14.0. The number of carbonyl (C=O) groups excluding carboxylic acids is 1. The minimum atomic E-state index is -3.50. The summed E-state index contributed by atoms with van der Waals surface area (Å²) in [6.45, 7) is 3.01. The fourth-order valence-corrected chi connectivity index (χ4v) is 4.87. The quantitative estimate of drug-likeness (QED) is 0.739. The lowest BCUT2D eigenvalue weighted by atomic mass is 10.2. The van der Waals surface area contributed by atoms with Crippen LogP contribution in [0.1, 0.15) is 39.0 Å². The van der Waals surface area contributed by atoms with E-state index in [2.05, 4.69) is 5.32 Å². The number of hydrogen-bond acceptors (Lipinski definition) is 4. The van der Waals surface area contributed by atoms with Crippen LogP contribution in [0.2, 0.25) is 0 Å². The van der Waals surface area contributed by atoms with Crippen LogP contribution in [0.4, 0.5) is 5.69 Å². The molecule has 0 saturated carbocycles. The molecule has 1 heterocycles. The molecule has 3 rings (SSSR count). The number of sulfonamides is 1. The summed E-state index contributed by atoms with van der Waals surface area (Å²) in [5, 5.41) is 2.81. The number of rotatable bonds is 7. The molecule has 1 aliphatic rings. The summed E-state index contributed by atoms with van der Waals surface area (Å²) >= 11 is 0. The minimum Gasteiger partial charge on any atom is -0.481 e. The summed E-state index contributed by atoms with van der Waals surface area (Å²) in [6.07, 6.45) is 3.82. The highest BCUT2D eigenvalue weighted by Gasteiger charge is 2.25. The van der Waals surface area contributed by atoms with Crippen LogP contribution in [0.3, 0.4) is 0 Å². The molecule has 2 aromatic carbocycles. The van der Waals surface area contributed by atoms with Crippen molar-refractivity contribution in [2.45, 2.75) is 50.0 Å². The number of nitrogens with zero attached hydrogens (tertiary/aromatic N) is 1. The third-order valence-corrected chi connectivity index (χ3v) is 6.92. The van der Waals surface area contributed by atoms with Crippen molar-refractivity contribution in [3.05, 3.63) is 54.6 Å². The van der Waals surface area contributed by atoms with E-state index in [0.717, 1.165) is 25.7 Å². The fourth-order valence-electron chi connectivity index (χ4n) is 3.35. The second-order valence-electron chi connectivity index (χ2n) is 7.16. The van der Waals surface area contributed by atoms with Gasteiger partial charge in [-0.25, -0.2) is 8.42 Å². The lowest BCUT2D eigenvalue weighted by Gasteiger charge is -2.20. The van der Waals surface area contributed by atoms with Gasteiger partial charge in [0.2, 0.25) is 10.0 Å². The highest BCUT2D eigenvalue weighted by atomic mass is 32.2. The summed E-state index contributed by atoms with van der Waals surface area (Å²) < 4.78 is 33.0. The maximum absolute atomic E-state index is 12.8. The van der Waals surface area contributed by atoms with Gasteiger partial charge in [0, 0.05) is 18.8 Å². The molecular weight excluding hydrogens is 388 g/mol. The van der Waals surface area contributed by atoms with Gasteiger partial charge in [-0.2, -0.15) is 4.31 Å². The van der Waals surface area contributed by atoms with E-state index in [-0.39, 0.29) is 10.8 Å². The van der Waals surface area contributed by atoms with Gasteiger partial charge >= 0.3 is 0 Å². The van der Waals surface area contributed by atoms with Gasteiger partial charge in [-0.15, -0.1) is 0 Å². The number of ether oxygens (including phenoxy) is 1. The van der Waals surface area contributed by atoms with Gasteiger partial charge in [0.05, 0.1) is 4.90 Å². The molecular formula is C22H28N2O4S. The zero-order valence-electron chi connectivity index (χ0n) is 16.7. The molecule has 7 heteroatoms. The van der Waals surface area contributed by atoms with Crippen molar-refractivity contribution < 1.29 is 17.9 Å². The summed E-state index contributed by atoms with van der Waals surface area (Å²) in [4.78, 5) is 12.8. The minimum absolute atomic E-state index is 0.255. The Balaban J connectivity index is 1.65. The molecule has 2 aromatic rings. The first-order valence-electron chi connectivity index (χ1n) is 10.1. The van der Waals surface area contributed by atoms with Gasteiger partial charge in [0.1, 0.15) is 5.75 Å². The maximum atomic E-state index is 12.8. The normalized spacial score (nSPS) is 16.6. The van der Waals surface area contributed by atoms with Crippen LogP contribution in [0.15, 0.2) is 59.5 Å². The smallest absolute Gasteiger partial charge is 0.265 e. The Kier molecular flexibility index (Phi) is 7.28. The lowest BCUT2D eigenvalue weighted by molar-refractivity contribution is -0.122. The van der Waals surface area contributed by atoms with Crippen molar-refractivity contribution >= 4 is 21.6 Å². The molecule has 0 bridgehead atoms. The Bertz CT molecular complexity index is 890. The van der Waals surface area contributed by atoms with Gasteiger partial charge < -0.3 is 10.1 Å². The Labute approximate surface area is 172 Å². The van der Waals surface area contributed by atoms with E-state index in [1.807, 2.05) is 25.1 Å². The number of hydrogen-bond donors (Lipinski definition) is 1. The second-order valence-corrected chi connectivity index (χ2v) is 9.10. The summed E-state index contributed by atoms with van der Waals surface area (Å²) in [7, 11) is -3.50. The summed E-state index contributed by atoms with van der Waals surface area (Å²) in [5.74, 6) is 0.368. The molecule has 0 aromatic heterocycles. The van der Waals surface area contributed by atoms with Crippen molar-refractivity contribution in [3.8, 4) is 5.75 Å². The molecule has 1 fully saturated rings. The third-order valence-electron chi connectivity index (χ3n) is 5.01. The molecule has 0 radical (unpaired) electrons. The topological polar surface area (TPSA) is 75.7 Å². The van der Waals surface area contributed by atoms with Crippen LogP contribution >= 0.6 is 0 Å². The van der Waals surface area contributed by atoms with E-state index in [1.165, 1.54) is 0 Å². The fraction of sp³-hybridized carbons (Fsp3) is 0.409. The van der Waals surface area contributed by atoms with Crippen molar-refractivity contribution in [3.63, 3.8) is 0 Å². The molecule has 1 aliphatic heterocycles. The van der Waals surface area contributed by atoms with Gasteiger partial charge in [-0.1, -0.05) is 38.0 Å². The molecule has 1 N–H and O–H groups in total. The number of carbonyl (C=O) groups is 1. The highest BCUT2D eigenvalue weighted by molar-refractivity contribution is 7.89. The van der Waals surface area contributed by atoms with E-state index < -0.39 is 16.1 Å². The number of para-hydroxylation sites is 1. The van der Waals surface area contributed by atoms with Crippen molar-refractivity contribution in [1.82, 2.24) is 4.31 Å². The van der Waals surface area contributed by atoms with Gasteiger partial charge in [-0.3, -0.25) is 4.79 Å². The monoisotopic (exact) mass is 416 g/mol. The molecule has 156 valence electrons. The van der Waals surface area contributed by atoms with Crippen LogP contribution in [-0.2, 0) is 14.8 Å². The number of benzene rings is 2. The number of anilines is 1. The van der Waals surface area contributed by atoms with Crippen molar-refractivity contribution in [2.75, 3.05) is 18.4 Å². The van der Waals surface area contributed by atoms with E-state index in [0.29, 0.717) is 30.9 Å². The molecule has 1 saturated heterocycles. The zero-order chi connectivity index (χ0) is 20.7. The lowest BCUT2D eigenvalue weighted by Crippen LogP contribution is -2.32. The van der Waals surface area contributed by atoms with E-state index >= 15 is 0 Å². The van der Waals surface area contributed by atoms with Gasteiger partial charge in [0.25, 0.3) is 5.91 Å². The Morgan fingerprint density at radius 2 is 1.62 bits per heavy atom. The van der Waals surface area contributed by atoms with E-state index in [1.54, 1.807) is 40.7 Å². The Morgan fingerprint density at radius 3 is 2.21 bits per heavy atom. The van der Waals surface area contributed by atoms with Gasteiger partial charge in [-0.05, 0) is 55.7 Å². The van der Waals surface area contributed by atoms with Gasteiger partial charge in [0.15, 0.2) is 6.10 Å². The molecule has 0 spiro atoms. The molecule has 6 nitrogen and oxygen atoms in total. The molecule has 0 aliphatic carbocycles. The van der Waals surface area contributed by atoms with Crippen LogP contribution < -0.4 is 10.1 Å². The SMILES string of the molecule is CCC(Oc1ccccc1)C(=O)Nc1ccc(S(=O)(=O)N2CCCCCC2)cc1. The first kappa shape index (κ1) is 21.3. The van der Waals surface area contributed by atoms with Crippen LogP contribution in [-0.4, -0.2) is 37.8 Å². The number of amides is 1. The predicted molar refractivity (Wildman–Crippen MR) is 113 cm³/mol. The van der Waals surface area contributed by atoms with Crippen molar-refractivity contribution in [1.29, 1.82) is 0 Å². The largest absolute Gasteiger partial charge is 0.481 e. The van der Waals surface area contributed by atoms with Crippen molar-refractivity contribution in [2.24, 2.45) is 0 Å². The average molecular weight is 417 g/mol. The summed E-state index contributed by atoms with van der Waals surface area (Å²) in [5.41, 5.74) is 0.542. The first-order valence-corrected chi connectivity index (χ1v) is 11.6. The maximum Gasteiger partial charge on any atom is 0.265 e. The Hall–Kier alpha value is -2.38. The highest BCUT2D eigenvalue weighted by Crippen LogP contribution is 2.22. The van der Waals surface area contributed by atoms with Crippen LogP contribution in [0, 0.1) is 0 Å². The Morgan fingerprint density at radius 1 is 1.00 bits per heavy atom. The molecule has 1 atom stereocenters. The van der Waals surface area contributed by atoms with Crippen LogP contribution in [0.25, 0.3) is 0 Å². The number of nitrogens with one attached hydrogen (secondary N) is 1. The van der Waals surface area contributed by atoms with E-state index in [4.69, 9.17) is 4.74 Å². The standard InChI is InChI=1S/C22H28N2O4S/c1-2-21(28-19-10-6-5-7-11-19)22(25)23-18-12-14-20(15-13-18)29(26,27)24-16-8-3-4-9-17-24/h5-7,10-15,21H,2-4,8-9,16-17H2,1H3,(H,23,25). The zero-order valence-corrected chi connectivity index (χ0v) is 17.5. The molecule has 29 heavy (non-hydrogen) atoms. The molecule has 1 unspecified atom stereocenters.